The summed E-state index contributed by atoms with van der Waals surface area (Å²) in [6, 6.07) is 15.6. The average molecular weight is 337 g/mol. The fourth-order valence-electron chi connectivity index (χ4n) is 2.76. The van der Waals surface area contributed by atoms with Crippen molar-refractivity contribution in [2.24, 2.45) is 0 Å². The molecule has 0 saturated heterocycles. The predicted molar refractivity (Wildman–Crippen MR) is 95.2 cm³/mol. The Morgan fingerprint density at radius 3 is 2.40 bits per heavy atom. The summed E-state index contributed by atoms with van der Waals surface area (Å²) in [4.78, 5) is 24.7. The fourth-order valence-corrected chi connectivity index (χ4v) is 2.76. The van der Waals surface area contributed by atoms with Gasteiger partial charge in [-0.15, -0.1) is 0 Å². The third kappa shape index (κ3) is 3.63. The van der Waals surface area contributed by atoms with Crippen LogP contribution in [0.3, 0.4) is 0 Å². The lowest BCUT2D eigenvalue weighted by Crippen LogP contribution is -2.45. The van der Waals surface area contributed by atoms with E-state index in [0.717, 1.165) is 5.56 Å². The van der Waals surface area contributed by atoms with Crippen molar-refractivity contribution in [1.29, 1.82) is 0 Å². The molecule has 0 bridgehead atoms. The summed E-state index contributed by atoms with van der Waals surface area (Å²) in [5.41, 5.74) is 2.48. The summed E-state index contributed by atoms with van der Waals surface area (Å²) in [6.07, 6.45) is 0. The van der Waals surface area contributed by atoms with Gasteiger partial charge in [-0.2, -0.15) is 0 Å². The average Bonchev–Trinajstić information content (AvgIpc) is 2.62. The number of anilines is 1. The predicted octanol–water partition coefficient (Wildman–Crippen LogP) is 2.96. The quantitative estimate of drug-likeness (QED) is 0.802. The van der Waals surface area contributed by atoms with Crippen molar-refractivity contribution in [3.8, 4) is 5.75 Å². The van der Waals surface area contributed by atoms with Crippen LogP contribution in [0.25, 0.3) is 0 Å². The van der Waals surface area contributed by atoms with Crippen LogP contribution in [0.15, 0.2) is 65.9 Å². The molecule has 2 aromatic rings. The number of hydrogen-bond acceptors (Lipinski definition) is 3. The van der Waals surface area contributed by atoms with E-state index in [1.165, 1.54) is 0 Å². The highest BCUT2D eigenvalue weighted by Gasteiger charge is 2.31. The molecule has 1 heterocycles. The number of hydrogen-bond donors (Lipinski definition) is 3. The van der Waals surface area contributed by atoms with Gasteiger partial charge in [-0.1, -0.05) is 30.3 Å². The maximum Gasteiger partial charge on any atom is 0.319 e. The zero-order valence-corrected chi connectivity index (χ0v) is 14.0. The molecule has 1 aliphatic rings. The van der Waals surface area contributed by atoms with Crippen molar-refractivity contribution in [3.05, 3.63) is 71.4 Å². The molecule has 0 unspecified atom stereocenters. The molecule has 128 valence electrons. The van der Waals surface area contributed by atoms with Gasteiger partial charge < -0.3 is 20.7 Å². The molecule has 6 nitrogen and oxygen atoms in total. The van der Waals surface area contributed by atoms with Gasteiger partial charge in [0.1, 0.15) is 5.75 Å². The molecule has 3 amide bonds. The maximum absolute atomic E-state index is 12.8. The van der Waals surface area contributed by atoms with Gasteiger partial charge >= 0.3 is 6.03 Å². The summed E-state index contributed by atoms with van der Waals surface area (Å²) in [5, 5.41) is 8.34. The fraction of sp³-hybridized carbons (Fsp3) is 0.158. The number of urea groups is 1. The van der Waals surface area contributed by atoms with Crippen molar-refractivity contribution in [1.82, 2.24) is 10.6 Å². The van der Waals surface area contributed by atoms with Crippen LogP contribution in [0, 0.1) is 0 Å². The van der Waals surface area contributed by atoms with Crippen molar-refractivity contribution in [2.45, 2.75) is 13.0 Å². The van der Waals surface area contributed by atoms with Crippen molar-refractivity contribution in [2.75, 3.05) is 12.4 Å². The van der Waals surface area contributed by atoms with Gasteiger partial charge in [0, 0.05) is 11.4 Å². The lowest BCUT2D eigenvalue weighted by molar-refractivity contribution is -0.113. The molecule has 3 N–H and O–H groups in total. The molecule has 1 aliphatic heterocycles. The second-order valence-electron chi connectivity index (χ2n) is 5.66. The van der Waals surface area contributed by atoms with E-state index in [4.69, 9.17) is 4.74 Å². The van der Waals surface area contributed by atoms with Gasteiger partial charge in [0.25, 0.3) is 5.91 Å². The number of benzene rings is 2. The topological polar surface area (TPSA) is 79.5 Å². The Morgan fingerprint density at radius 1 is 1.08 bits per heavy atom. The Morgan fingerprint density at radius 2 is 1.76 bits per heavy atom. The minimum absolute atomic E-state index is 0.267. The minimum Gasteiger partial charge on any atom is -0.497 e. The van der Waals surface area contributed by atoms with Crippen LogP contribution >= 0.6 is 0 Å². The number of carbonyl (C=O) groups excluding carboxylic acids is 2. The van der Waals surface area contributed by atoms with E-state index in [2.05, 4.69) is 16.0 Å². The number of nitrogens with one attached hydrogen (secondary N) is 3. The molecular formula is C19H19N3O3. The van der Waals surface area contributed by atoms with Crippen LogP contribution < -0.4 is 20.7 Å². The zero-order valence-electron chi connectivity index (χ0n) is 14.0. The van der Waals surface area contributed by atoms with Gasteiger partial charge in [0.2, 0.25) is 0 Å². The van der Waals surface area contributed by atoms with E-state index < -0.39 is 6.04 Å². The molecule has 3 rings (SSSR count). The van der Waals surface area contributed by atoms with Crippen molar-refractivity contribution < 1.29 is 14.3 Å². The van der Waals surface area contributed by atoms with Gasteiger partial charge in [-0.3, -0.25) is 4.79 Å². The second-order valence-corrected chi connectivity index (χ2v) is 5.66. The number of amides is 3. The molecule has 0 spiro atoms. The van der Waals surface area contributed by atoms with Gasteiger partial charge in [-0.05, 0) is 36.8 Å². The number of allylic oxidation sites excluding steroid dienone is 1. The number of rotatable bonds is 4. The maximum atomic E-state index is 12.8. The highest BCUT2D eigenvalue weighted by molar-refractivity contribution is 6.06. The Labute approximate surface area is 145 Å². The summed E-state index contributed by atoms with van der Waals surface area (Å²) >= 11 is 0. The SMILES string of the molecule is COc1ccc([C@H]2NC(=O)NC(C)=C2C(=O)Nc2ccccc2)cc1. The van der Waals surface area contributed by atoms with Crippen LogP contribution in [-0.4, -0.2) is 19.0 Å². The smallest absolute Gasteiger partial charge is 0.319 e. The highest BCUT2D eigenvalue weighted by Crippen LogP contribution is 2.28. The van der Waals surface area contributed by atoms with E-state index in [1.807, 2.05) is 42.5 Å². The first-order valence-corrected chi connectivity index (χ1v) is 7.87. The molecule has 1 atom stereocenters. The standard InChI is InChI=1S/C19H19N3O3/c1-12-16(18(23)21-14-6-4-3-5-7-14)17(22-19(24)20-12)13-8-10-15(25-2)11-9-13/h3-11,17H,1-2H3,(H,21,23)(H2,20,22,24)/t17-/m1/s1. The largest absolute Gasteiger partial charge is 0.497 e. The van der Waals surface area contributed by atoms with Crippen LogP contribution in [0.2, 0.25) is 0 Å². The number of ether oxygens (including phenoxy) is 1. The molecule has 25 heavy (non-hydrogen) atoms. The summed E-state index contributed by atoms with van der Waals surface area (Å²) < 4.78 is 5.16. The Hall–Kier alpha value is -3.28. The van der Waals surface area contributed by atoms with Crippen molar-refractivity contribution >= 4 is 17.6 Å². The Bertz CT molecular complexity index is 814. The summed E-state index contributed by atoms with van der Waals surface area (Å²) in [6.45, 7) is 1.72. The van der Waals surface area contributed by atoms with E-state index in [9.17, 15) is 9.59 Å². The molecule has 0 aliphatic carbocycles. The molecule has 2 aromatic carbocycles. The second kappa shape index (κ2) is 7.09. The lowest BCUT2D eigenvalue weighted by atomic mass is 9.94. The first kappa shape index (κ1) is 16.6. The molecule has 0 fully saturated rings. The van der Waals surface area contributed by atoms with E-state index >= 15 is 0 Å². The normalized spacial score (nSPS) is 16.7. The van der Waals surface area contributed by atoms with E-state index in [-0.39, 0.29) is 11.9 Å². The van der Waals surface area contributed by atoms with Gasteiger partial charge in [0.15, 0.2) is 0 Å². The summed E-state index contributed by atoms with van der Waals surface area (Å²) in [7, 11) is 1.59. The highest BCUT2D eigenvalue weighted by atomic mass is 16.5. The van der Waals surface area contributed by atoms with Crippen LogP contribution in [0.5, 0.6) is 5.75 Å². The summed E-state index contributed by atoms with van der Waals surface area (Å²) in [5.74, 6) is 0.442. The Kier molecular flexibility index (Phi) is 4.70. The van der Waals surface area contributed by atoms with E-state index in [0.29, 0.717) is 22.7 Å². The van der Waals surface area contributed by atoms with Crippen LogP contribution in [-0.2, 0) is 4.79 Å². The molecule has 6 heteroatoms. The minimum atomic E-state index is -0.539. The third-order valence-corrected chi connectivity index (χ3v) is 3.99. The molecule has 0 aromatic heterocycles. The number of para-hydroxylation sites is 1. The molecular weight excluding hydrogens is 318 g/mol. The molecule has 0 saturated carbocycles. The number of methoxy groups -OCH3 is 1. The van der Waals surface area contributed by atoms with Crippen LogP contribution in [0.1, 0.15) is 18.5 Å². The Balaban J connectivity index is 1.93. The number of carbonyl (C=O) groups is 2. The van der Waals surface area contributed by atoms with Gasteiger partial charge in [0.05, 0.1) is 18.7 Å². The first-order valence-electron chi connectivity index (χ1n) is 7.87. The third-order valence-electron chi connectivity index (χ3n) is 3.99. The first-order chi connectivity index (χ1) is 12.1. The lowest BCUT2D eigenvalue weighted by Gasteiger charge is -2.28. The monoisotopic (exact) mass is 337 g/mol. The van der Waals surface area contributed by atoms with Crippen LogP contribution in [0.4, 0.5) is 10.5 Å². The zero-order chi connectivity index (χ0) is 17.8. The molecule has 0 radical (unpaired) electrons. The van der Waals surface area contributed by atoms with E-state index in [1.54, 1.807) is 26.2 Å². The van der Waals surface area contributed by atoms with Crippen molar-refractivity contribution in [3.63, 3.8) is 0 Å². The van der Waals surface area contributed by atoms with Gasteiger partial charge in [-0.25, -0.2) is 4.79 Å².